The van der Waals surface area contributed by atoms with E-state index in [1.807, 2.05) is 55.3 Å². The van der Waals surface area contributed by atoms with E-state index in [-0.39, 0.29) is 17.8 Å². The standard InChI is InChI=1S/C28H29FN4O2/c1-17-6-10-22(20-8-7-19(3)30-15-20)23(13-17)27(34)33-12-4-5-18(2)25(33)16-31-28-32-24-14-21(29)9-11-26(24)35-28/h6-11,13-15,18,25H,4-5,12,16H2,1-3H3,(H,31,32)/t18-,25-/m1/s1. The van der Waals surface area contributed by atoms with Crippen LogP contribution < -0.4 is 5.32 Å². The molecule has 0 bridgehead atoms. The largest absolute Gasteiger partial charge is 0.424 e. The fourth-order valence-electron chi connectivity index (χ4n) is 4.85. The van der Waals surface area contributed by atoms with Crippen molar-refractivity contribution >= 4 is 23.0 Å². The van der Waals surface area contributed by atoms with E-state index in [2.05, 4.69) is 22.2 Å². The highest BCUT2D eigenvalue weighted by Gasteiger charge is 2.33. The number of hydrogen-bond donors (Lipinski definition) is 1. The van der Waals surface area contributed by atoms with Crippen LogP contribution in [0.2, 0.25) is 0 Å². The molecule has 4 aromatic rings. The minimum atomic E-state index is -0.354. The van der Waals surface area contributed by atoms with Crippen LogP contribution in [-0.4, -0.2) is 39.9 Å². The summed E-state index contributed by atoms with van der Waals surface area (Å²) < 4.78 is 19.3. The predicted molar refractivity (Wildman–Crippen MR) is 135 cm³/mol. The summed E-state index contributed by atoms with van der Waals surface area (Å²) in [6.07, 6.45) is 3.82. The zero-order chi connectivity index (χ0) is 24.5. The zero-order valence-corrected chi connectivity index (χ0v) is 20.2. The normalized spacial score (nSPS) is 18.1. The number of fused-ring (bicyclic) bond motifs is 1. The fourth-order valence-corrected chi connectivity index (χ4v) is 4.85. The molecule has 1 amide bonds. The second-order valence-electron chi connectivity index (χ2n) is 9.43. The molecule has 0 spiro atoms. The Morgan fingerprint density at radius 3 is 2.83 bits per heavy atom. The monoisotopic (exact) mass is 472 g/mol. The van der Waals surface area contributed by atoms with E-state index >= 15 is 0 Å². The molecule has 2 atom stereocenters. The first-order chi connectivity index (χ1) is 16.9. The first-order valence-electron chi connectivity index (χ1n) is 12.0. The summed E-state index contributed by atoms with van der Waals surface area (Å²) in [5, 5.41) is 3.25. The lowest BCUT2D eigenvalue weighted by Gasteiger charge is -2.40. The van der Waals surface area contributed by atoms with Crippen LogP contribution in [0.5, 0.6) is 0 Å². The average Bonchev–Trinajstić information content (AvgIpc) is 3.25. The van der Waals surface area contributed by atoms with Crippen LogP contribution in [0.15, 0.2) is 59.1 Å². The number of hydrogen-bond acceptors (Lipinski definition) is 5. The third-order valence-corrected chi connectivity index (χ3v) is 6.82. The minimum absolute atomic E-state index is 0.0160. The number of anilines is 1. The summed E-state index contributed by atoms with van der Waals surface area (Å²) in [6.45, 7) is 7.31. The molecule has 3 heterocycles. The van der Waals surface area contributed by atoms with Gasteiger partial charge in [-0.2, -0.15) is 4.98 Å². The second-order valence-corrected chi connectivity index (χ2v) is 9.43. The topological polar surface area (TPSA) is 71.3 Å². The molecule has 5 rings (SSSR count). The van der Waals surface area contributed by atoms with Crippen molar-refractivity contribution in [2.75, 3.05) is 18.4 Å². The molecule has 0 radical (unpaired) electrons. The van der Waals surface area contributed by atoms with Crippen molar-refractivity contribution in [1.29, 1.82) is 0 Å². The van der Waals surface area contributed by atoms with E-state index < -0.39 is 0 Å². The summed E-state index contributed by atoms with van der Waals surface area (Å²) in [4.78, 5) is 24.7. The number of nitrogens with one attached hydrogen (secondary N) is 1. The van der Waals surface area contributed by atoms with Crippen LogP contribution in [0.3, 0.4) is 0 Å². The Morgan fingerprint density at radius 2 is 2.03 bits per heavy atom. The van der Waals surface area contributed by atoms with Crippen LogP contribution in [0.4, 0.5) is 10.4 Å². The van der Waals surface area contributed by atoms with Gasteiger partial charge in [-0.15, -0.1) is 0 Å². The maximum Gasteiger partial charge on any atom is 0.295 e. The molecule has 6 nitrogen and oxygen atoms in total. The van der Waals surface area contributed by atoms with Crippen LogP contribution in [0, 0.1) is 25.6 Å². The van der Waals surface area contributed by atoms with Gasteiger partial charge in [0.2, 0.25) is 0 Å². The number of halogens is 1. The number of carbonyl (C=O) groups excluding carboxylic acids is 1. The van der Waals surface area contributed by atoms with Crippen molar-refractivity contribution in [2.24, 2.45) is 5.92 Å². The van der Waals surface area contributed by atoms with E-state index in [1.165, 1.54) is 12.1 Å². The van der Waals surface area contributed by atoms with E-state index in [9.17, 15) is 9.18 Å². The van der Waals surface area contributed by atoms with Crippen LogP contribution in [0.25, 0.3) is 22.2 Å². The van der Waals surface area contributed by atoms with Gasteiger partial charge in [0.25, 0.3) is 11.9 Å². The Hall–Kier alpha value is -3.74. The number of amides is 1. The summed E-state index contributed by atoms with van der Waals surface area (Å²) in [5.41, 5.74) is 5.47. The number of aromatic nitrogens is 2. The van der Waals surface area contributed by atoms with Gasteiger partial charge in [0.1, 0.15) is 11.3 Å². The van der Waals surface area contributed by atoms with Gasteiger partial charge in [-0.1, -0.05) is 30.7 Å². The smallest absolute Gasteiger partial charge is 0.295 e. The van der Waals surface area contributed by atoms with Crippen molar-refractivity contribution in [2.45, 2.75) is 39.7 Å². The summed E-state index contributed by atoms with van der Waals surface area (Å²) >= 11 is 0. The summed E-state index contributed by atoms with van der Waals surface area (Å²) in [6, 6.07) is 14.5. The third-order valence-electron chi connectivity index (χ3n) is 6.82. The predicted octanol–water partition coefficient (Wildman–Crippen LogP) is 6.00. The Kier molecular flexibility index (Phi) is 6.24. The van der Waals surface area contributed by atoms with Crippen LogP contribution in [0.1, 0.15) is 41.4 Å². The molecule has 7 heteroatoms. The number of piperidine rings is 1. The number of oxazole rings is 1. The second kappa shape index (κ2) is 9.49. The molecular weight excluding hydrogens is 443 g/mol. The highest BCUT2D eigenvalue weighted by atomic mass is 19.1. The minimum Gasteiger partial charge on any atom is -0.424 e. The molecule has 1 aliphatic rings. The Labute approximate surface area is 204 Å². The van der Waals surface area contributed by atoms with Gasteiger partial charge in [-0.3, -0.25) is 9.78 Å². The van der Waals surface area contributed by atoms with Crippen molar-refractivity contribution < 1.29 is 13.6 Å². The SMILES string of the molecule is Cc1ccc(-c2ccc(C)nc2)c(C(=O)N2CCC[C@@H](C)[C@H]2CNc2nc3cc(F)ccc3o2)c1. The molecule has 1 fully saturated rings. The highest BCUT2D eigenvalue weighted by Crippen LogP contribution is 2.30. The Bertz CT molecular complexity index is 1370. The van der Waals surface area contributed by atoms with Gasteiger partial charge in [0.15, 0.2) is 5.58 Å². The fraction of sp³-hybridized carbons (Fsp3) is 0.321. The quantitative estimate of drug-likeness (QED) is 0.386. The molecule has 0 aliphatic carbocycles. The molecule has 35 heavy (non-hydrogen) atoms. The Morgan fingerprint density at radius 1 is 1.17 bits per heavy atom. The molecule has 2 aromatic heterocycles. The highest BCUT2D eigenvalue weighted by molar-refractivity contribution is 6.01. The van der Waals surface area contributed by atoms with Gasteiger partial charge < -0.3 is 14.6 Å². The Balaban J connectivity index is 1.42. The van der Waals surface area contributed by atoms with E-state index in [1.54, 1.807) is 6.07 Å². The molecule has 2 aromatic carbocycles. The van der Waals surface area contributed by atoms with Crippen molar-refractivity contribution in [3.8, 4) is 11.1 Å². The van der Waals surface area contributed by atoms with E-state index in [0.29, 0.717) is 41.7 Å². The lowest BCUT2D eigenvalue weighted by molar-refractivity contribution is 0.0540. The van der Waals surface area contributed by atoms with Crippen molar-refractivity contribution in [3.05, 3.63) is 77.4 Å². The van der Waals surface area contributed by atoms with Gasteiger partial charge in [-0.05, 0) is 62.4 Å². The molecule has 1 aliphatic heterocycles. The maximum atomic E-state index is 14.0. The lowest BCUT2D eigenvalue weighted by atomic mass is 9.89. The van der Waals surface area contributed by atoms with Crippen LogP contribution >= 0.6 is 0 Å². The number of likely N-dealkylation sites (tertiary alicyclic amines) is 1. The first-order valence-corrected chi connectivity index (χ1v) is 12.0. The van der Waals surface area contributed by atoms with Crippen molar-refractivity contribution in [3.63, 3.8) is 0 Å². The third kappa shape index (κ3) is 4.76. The average molecular weight is 473 g/mol. The van der Waals surface area contributed by atoms with Crippen molar-refractivity contribution in [1.82, 2.24) is 14.9 Å². The molecule has 0 saturated carbocycles. The summed E-state index contributed by atoms with van der Waals surface area (Å²) in [5.74, 6) is -0.0358. The first kappa shape index (κ1) is 23.0. The number of rotatable bonds is 5. The van der Waals surface area contributed by atoms with E-state index in [4.69, 9.17) is 4.42 Å². The van der Waals surface area contributed by atoms with Gasteiger partial charge in [0.05, 0.1) is 6.04 Å². The molecule has 180 valence electrons. The number of nitrogens with zero attached hydrogens (tertiary/aromatic N) is 3. The molecular formula is C28H29FN4O2. The zero-order valence-electron chi connectivity index (χ0n) is 20.2. The van der Waals surface area contributed by atoms with Gasteiger partial charge in [0, 0.05) is 42.2 Å². The number of carbonyl (C=O) groups is 1. The van der Waals surface area contributed by atoms with Crippen LogP contribution in [-0.2, 0) is 0 Å². The number of aryl methyl sites for hydroxylation is 2. The molecule has 1 saturated heterocycles. The molecule has 1 N–H and O–H groups in total. The van der Waals surface area contributed by atoms with Gasteiger partial charge >= 0.3 is 0 Å². The lowest BCUT2D eigenvalue weighted by Crippen LogP contribution is -2.51. The van der Waals surface area contributed by atoms with E-state index in [0.717, 1.165) is 35.2 Å². The number of pyridine rings is 1. The maximum absolute atomic E-state index is 14.0. The summed E-state index contributed by atoms with van der Waals surface area (Å²) in [7, 11) is 0. The number of benzene rings is 2. The van der Waals surface area contributed by atoms with Gasteiger partial charge in [-0.25, -0.2) is 4.39 Å². The molecule has 0 unspecified atom stereocenters.